The molecular weight excluding hydrogens is 210 g/mol. The predicted molar refractivity (Wildman–Crippen MR) is 68.8 cm³/mol. The minimum Gasteiger partial charge on any atom is -0.311 e. The first kappa shape index (κ1) is 11.5. The number of carbonyl (C=O) groups excluding carboxylic acids is 1. The maximum absolute atomic E-state index is 12.2. The van der Waals surface area contributed by atoms with Gasteiger partial charge in [-0.05, 0) is 62.9 Å². The molecule has 0 radical (unpaired) electrons. The average molecular weight is 233 g/mol. The number of ketones is 1. The third-order valence-electron chi connectivity index (χ3n) is 4.69. The van der Waals surface area contributed by atoms with Crippen molar-refractivity contribution in [2.45, 2.75) is 69.9 Å². The van der Waals surface area contributed by atoms with E-state index in [4.69, 9.17) is 0 Å². The summed E-state index contributed by atoms with van der Waals surface area (Å²) in [4.78, 5) is 12.2. The van der Waals surface area contributed by atoms with Gasteiger partial charge in [-0.3, -0.25) is 4.79 Å². The summed E-state index contributed by atoms with van der Waals surface area (Å²) in [6, 6.07) is 1.43. The van der Waals surface area contributed by atoms with Crippen molar-refractivity contribution in [2.75, 3.05) is 0 Å². The maximum atomic E-state index is 12.2. The number of carbonyl (C=O) groups is 1. The number of Topliss-reactive ketones (excluding diaryl/α,β-unsaturated/α-hetero) is 1. The van der Waals surface area contributed by atoms with Crippen molar-refractivity contribution in [2.24, 2.45) is 5.92 Å². The molecule has 3 aliphatic rings. The van der Waals surface area contributed by atoms with Gasteiger partial charge in [-0.2, -0.15) is 0 Å². The Hall–Kier alpha value is -0.630. The fourth-order valence-electron chi connectivity index (χ4n) is 3.83. The van der Waals surface area contributed by atoms with Gasteiger partial charge in [-0.25, -0.2) is 0 Å². The van der Waals surface area contributed by atoms with Crippen molar-refractivity contribution in [1.82, 2.24) is 5.32 Å². The van der Waals surface area contributed by atoms with Gasteiger partial charge in [0.15, 0.2) is 5.78 Å². The second kappa shape index (κ2) is 4.93. The van der Waals surface area contributed by atoms with E-state index in [0.29, 0.717) is 23.8 Å². The molecule has 3 rings (SSSR count). The Labute approximate surface area is 104 Å². The van der Waals surface area contributed by atoms with E-state index in [1.54, 1.807) is 0 Å². The Kier molecular flexibility index (Phi) is 3.32. The molecule has 1 aliphatic carbocycles. The van der Waals surface area contributed by atoms with Crippen molar-refractivity contribution in [3.05, 3.63) is 11.6 Å². The highest BCUT2D eigenvalue weighted by Gasteiger charge is 2.34. The lowest BCUT2D eigenvalue weighted by Crippen LogP contribution is -2.38. The molecule has 2 aliphatic heterocycles. The molecule has 0 spiro atoms. The zero-order chi connectivity index (χ0) is 11.7. The monoisotopic (exact) mass is 233 g/mol. The number of allylic oxidation sites excluding steroid dienone is 2. The lowest BCUT2D eigenvalue weighted by atomic mass is 9.85. The van der Waals surface area contributed by atoms with Crippen molar-refractivity contribution in [3.8, 4) is 0 Å². The lowest BCUT2D eigenvalue weighted by molar-refractivity contribution is -0.116. The van der Waals surface area contributed by atoms with Crippen molar-refractivity contribution >= 4 is 5.78 Å². The van der Waals surface area contributed by atoms with Crippen molar-refractivity contribution < 1.29 is 4.79 Å². The summed E-state index contributed by atoms with van der Waals surface area (Å²) in [5.74, 6) is 1.11. The Balaban J connectivity index is 1.56. The second-order valence-corrected chi connectivity index (χ2v) is 6.08. The molecule has 0 aromatic heterocycles. The molecule has 2 nitrogen and oxygen atoms in total. The molecule has 17 heavy (non-hydrogen) atoms. The van der Waals surface area contributed by atoms with E-state index < -0.39 is 0 Å². The first-order valence-electron chi connectivity index (χ1n) is 7.29. The van der Waals surface area contributed by atoms with Crippen LogP contribution in [0.25, 0.3) is 0 Å². The highest BCUT2D eigenvalue weighted by atomic mass is 16.1. The molecular formula is C15H23NO. The highest BCUT2D eigenvalue weighted by Crippen LogP contribution is 2.33. The predicted octanol–water partition coefficient (Wildman–Crippen LogP) is 2.98. The van der Waals surface area contributed by atoms with Crippen LogP contribution in [0.1, 0.15) is 57.8 Å². The summed E-state index contributed by atoms with van der Waals surface area (Å²) < 4.78 is 0. The van der Waals surface area contributed by atoms with Gasteiger partial charge >= 0.3 is 0 Å². The molecule has 2 atom stereocenters. The summed E-state index contributed by atoms with van der Waals surface area (Å²) in [5, 5.41) is 3.65. The van der Waals surface area contributed by atoms with Crippen LogP contribution in [-0.4, -0.2) is 17.9 Å². The smallest absolute Gasteiger partial charge is 0.158 e. The fourth-order valence-corrected chi connectivity index (χ4v) is 3.83. The number of rotatable bonds is 3. The molecule has 0 aromatic carbocycles. The van der Waals surface area contributed by atoms with Gasteiger partial charge < -0.3 is 5.32 Å². The van der Waals surface area contributed by atoms with E-state index in [0.717, 1.165) is 24.8 Å². The fraction of sp³-hybridized carbons (Fsp3) is 0.800. The third-order valence-corrected chi connectivity index (χ3v) is 4.69. The molecule has 2 heterocycles. The van der Waals surface area contributed by atoms with Crippen LogP contribution >= 0.6 is 0 Å². The van der Waals surface area contributed by atoms with Crippen molar-refractivity contribution in [1.29, 1.82) is 0 Å². The van der Waals surface area contributed by atoms with Gasteiger partial charge in [-0.15, -0.1) is 0 Å². The van der Waals surface area contributed by atoms with Crippen LogP contribution < -0.4 is 5.32 Å². The zero-order valence-corrected chi connectivity index (χ0v) is 10.6. The Morgan fingerprint density at radius 2 is 2.00 bits per heavy atom. The summed E-state index contributed by atoms with van der Waals surface area (Å²) in [6.45, 7) is 0. The van der Waals surface area contributed by atoms with Gasteiger partial charge in [0.1, 0.15) is 0 Å². The van der Waals surface area contributed by atoms with Crippen LogP contribution in [0.4, 0.5) is 0 Å². The van der Waals surface area contributed by atoms with Gasteiger partial charge in [-0.1, -0.05) is 6.08 Å². The minimum absolute atomic E-state index is 0.455. The summed E-state index contributed by atoms with van der Waals surface area (Å²) >= 11 is 0. The average Bonchev–Trinajstić information content (AvgIpc) is 2.70. The molecule has 2 bridgehead atoms. The third kappa shape index (κ3) is 2.62. The van der Waals surface area contributed by atoms with Gasteiger partial charge in [0, 0.05) is 18.5 Å². The zero-order valence-electron chi connectivity index (χ0n) is 10.6. The summed E-state index contributed by atoms with van der Waals surface area (Å²) in [6.07, 6.45) is 12.8. The molecule has 0 amide bonds. The van der Waals surface area contributed by atoms with E-state index in [2.05, 4.69) is 11.4 Å². The molecule has 1 N–H and O–H groups in total. The van der Waals surface area contributed by atoms with E-state index in [9.17, 15) is 4.79 Å². The molecule has 2 heteroatoms. The number of hydrogen-bond donors (Lipinski definition) is 1. The summed E-state index contributed by atoms with van der Waals surface area (Å²) in [5.41, 5.74) is 1.14. The van der Waals surface area contributed by atoms with Gasteiger partial charge in [0.25, 0.3) is 0 Å². The maximum Gasteiger partial charge on any atom is 0.158 e. The SMILES string of the molecule is O=C(CC1CC2CCC(C1)N2)C1=CCCCC1. The summed E-state index contributed by atoms with van der Waals surface area (Å²) in [7, 11) is 0. The Morgan fingerprint density at radius 3 is 2.65 bits per heavy atom. The van der Waals surface area contributed by atoms with E-state index in [-0.39, 0.29) is 0 Å². The normalized spacial score (nSPS) is 36.7. The molecule has 2 saturated heterocycles. The van der Waals surface area contributed by atoms with Gasteiger partial charge in [0.05, 0.1) is 0 Å². The van der Waals surface area contributed by atoms with E-state index in [1.165, 1.54) is 38.5 Å². The van der Waals surface area contributed by atoms with Crippen molar-refractivity contribution in [3.63, 3.8) is 0 Å². The van der Waals surface area contributed by atoms with Crippen LogP contribution in [0, 0.1) is 5.92 Å². The number of piperidine rings is 1. The highest BCUT2D eigenvalue weighted by molar-refractivity contribution is 5.95. The van der Waals surface area contributed by atoms with Gasteiger partial charge in [0.2, 0.25) is 0 Å². The second-order valence-electron chi connectivity index (χ2n) is 6.08. The molecule has 0 saturated carbocycles. The van der Waals surface area contributed by atoms with Crippen LogP contribution in [0.2, 0.25) is 0 Å². The largest absolute Gasteiger partial charge is 0.311 e. The van der Waals surface area contributed by atoms with E-state index in [1.807, 2.05) is 0 Å². The Morgan fingerprint density at radius 1 is 1.24 bits per heavy atom. The number of hydrogen-bond acceptors (Lipinski definition) is 2. The van der Waals surface area contributed by atoms with Crippen LogP contribution in [-0.2, 0) is 4.79 Å². The first-order chi connectivity index (χ1) is 8.31. The number of nitrogens with one attached hydrogen (secondary N) is 1. The molecule has 2 unspecified atom stereocenters. The van der Waals surface area contributed by atoms with Crippen LogP contribution in [0.5, 0.6) is 0 Å². The first-order valence-corrected chi connectivity index (χ1v) is 7.29. The Bertz CT molecular complexity index is 322. The molecule has 0 aromatic rings. The molecule has 2 fully saturated rings. The topological polar surface area (TPSA) is 29.1 Å². The standard InChI is InChI=1S/C15H23NO/c17-15(12-4-2-1-3-5-12)10-11-8-13-6-7-14(9-11)16-13/h4,11,13-14,16H,1-3,5-10H2. The lowest BCUT2D eigenvalue weighted by Gasteiger charge is -2.29. The number of fused-ring (bicyclic) bond motifs is 2. The quantitative estimate of drug-likeness (QED) is 0.812. The molecule has 94 valence electrons. The minimum atomic E-state index is 0.455. The van der Waals surface area contributed by atoms with Crippen LogP contribution in [0.3, 0.4) is 0 Å². The van der Waals surface area contributed by atoms with Crippen LogP contribution in [0.15, 0.2) is 11.6 Å². The van der Waals surface area contributed by atoms with E-state index >= 15 is 0 Å².